The summed E-state index contributed by atoms with van der Waals surface area (Å²) in [6.45, 7) is 1.82. The third kappa shape index (κ3) is 3.09. The van der Waals surface area contributed by atoms with E-state index in [1.807, 2.05) is 23.1 Å². The molecule has 1 fully saturated rings. The highest BCUT2D eigenvalue weighted by molar-refractivity contribution is 6.31. The molecule has 1 atom stereocenters. The number of carbonyl (C=O) groups excluding carboxylic acids is 1. The molecule has 1 aromatic carbocycles. The second-order valence-corrected chi connectivity index (χ2v) is 5.93. The normalized spacial score (nSPS) is 19.0. The summed E-state index contributed by atoms with van der Waals surface area (Å²) in [6.07, 6.45) is 1.70. The van der Waals surface area contributed by atoms with E-state index >= 15 is 0 Å². The van der Waals surface area contributed by atoms with Crippen LogP contribution >= 0.6 is 23.2 Å². The minimum absolute atomic E-state index is 0.0496. The van der Waals surface area contributed by atoms with Crippen LogP contribution < -0.4 is 5.32 Å². The van der Waals surface area contributed by atoms with Crippen LogP contribution in [-0.4, -0.2) is 28.9 Å². The van der Waals surface area contributed by atoms with Gasteiger partial charge in [0, 0.05) is 30.9 Å². The second kappa shape index (κ2) is 6.65. The zero-order valence-corrected chi connectivity index (χ0v) is 13.3. The molecule has 1 aromatic heterocycles. The van der Waals surface area contributed by atoms with Gasteiger partial charge >= 0.3 is 0 Å². The molecule has 0 saturated carbocycles. The SMILES string of the molecule is O=C1NCCN(Cc2ncccc2Cl)C1c1ccccc1Cl. The van der Waals surface area contributed by atoms with Crippen molar-refractivity contribution < 1.29 is 4.79 Å². The van der Waals surface area contributed by atoms with Crippen molar-refractivity contribution in [2.75, 3.05) is 13.1 Å². The highest BCUT2D eigenvalue weighted by atomic mass is 35.5. The summed E-state index contributed by atoms with van der Waals surface area (Å²) in [4.78, 5) is 18.7. The van der Waals surface area contributed by atoms with Gasteiger partial charge in [0.1, 0.15) is 6.04 Å². The van der Waals surface area contributed by atoms with Gasteiger partial charge in [-0.15, -0.1) is 0 Å². The van der Waals surface area contributed by atoms with E-state index in [4.69, 9.17) is 23.2 Å². The number of halogens is 2. The van der Waals surface area contributed by atoms with Gasteiger partial charge < -0.3 is 5.32 Å². The minimum atomic E-state index is -0.430. The van der Waals surface area contributed by atoms with Crippen molar-refractivity contribution in [3.63, 3.8) is 0 Å². The first-order valence-electron chi connectivity index (χ1n) is 7.02. The molecule has 0 spiro atoms. The van der Waals surface area contributed by atoms with Crippen LogP contribution in [0.1, 0.15) is 17.3 Å². The Morgan fingerprint density at radius 3 is 2.73 bits per heavy atom. The number of pyridine rings is 1. The van der Waals surface area contributed by atoms with Crippen molar-refractivity contribution in [3.8, 4) is 0 Å². The first kappa shape index (κ1) is 15.3. The number of nitrogens with zero attached hydrogens (tertiary/aromatic N) is 2. The number of carbonyl (C=O) groups is 1. The summed E-state index contributed by atoms with van der Waals surface area (Å²) in [5.74, 6) is -0.0496. The average Bonchev–Trinajstić information content (AvgIpc) is 2.51. The van der Waals surface area contributed by atoms with Crippen molar-refractivity contribution in [1.29, 1.82) is 0 Å². The number of benzene rings is 1. The van der Waals surface area contributed by atoms with E-state index < -0.39 is 6.04 Å². The summed E-state index contributed by atoms with van der Waals surface area (Å²) in [7, 11) is 0. The molecular weight excluding hydrogens is 321 g/mol. The number of aromatic nitrogens is 1. The fourth-order valence-corrected chi connectivity index (χ4v) is 3.07. The van der Waals surface area contributed by atoms with E-state index in [0.717, 1.165) is 11.3 Å². The first-order chi connectivity index (χ1) is 10.7. The maximum atomic E-state index is 12.4. The Morgan fingerprint density at radius 1 is 1.18 bits per heavy atom. The number of piperazine rings is 1. The monoisotopic (exact) mass is 335 g/mol. The summed E-state index contributed by atoms with van der Waals surface area (Å²) in [6, 6.07) is 10.6. The van der Waals surface area contributed by atoms with E-state index in [0.29, 0.717) is 29.7 Å². The Morgan fingerprint density at radius 2 is 1.95 bits per heavy atom. The highest BCUT2D eigenvalue weighted by Crippen LogP contribution is 2.30. The maximum absolute atomic E-state index is 12.4. The minimum Gasteiger partial charge on any atom is -0.353 e. The van der Waals surface area contributed by atoms with Gasteiger partial charge in [0.25, 0.3) is 0 Å². The van der Waals surface area contributed by atoms with Gasteiger partial charge in [0.15, 0.2) is 0 Å². The standard InChI is InChI=1S/C16H15Cl2N3O/c17-12-5-2-1-4-11(12)15-16(22)20-8-9-21(15)10-14-13(18)6-3-7-19-14/h1-7,15H,8-10H2,(H,20,22). The average molecular weight is 336 g/mol. The Labute approximate surface area is 139 Å². The predicted octanol–water partition coefficient (Wildman–Crippen LogP) is 3.06. The summed E-state index contributed by atoms with van der Waals surface area (Å²) in [5, 5.41) is 4.08. The van der Waals surface area contributed by atoms with Crippen LogP contribution in [0.4, 0.5) is 0 Å². The smallest absolute Gasteiger partial charge is 0.242 e. The number of amides is 1. The lowest BCUT2D eigenvalue weighted by Crippen LogP contribution is -2.49. The first-order valence-corrected chi connectivity index (χ1v) is 7.78. The van der Waals surface area contributed by atoms with Gasteiger partial charge in [-0.2, -0.15) is 0 Å². The number of hydrogen-bond acceptors (Lipinski definition) is 3. The van der Waals surface area contributed by atoms with Crippen LogP contribution in [0.3, 0.4) is 0 Å². The Kier molecular flexibility index (Phi) is 4.62. The van der Waals surface area contributed by atoms with Crippen LogP contribution in [0.2, 0.25) is 10.0 Å². The van der Waals surface area contributed by atoms with Gasteiger partial charge in [-0.1, -0.05) is 41.4 Å². The van der Waals surface area contributed by atoms with E-state index in [-0.39, 0.29) is 5.91 Å². The molecule has 6 heteroatoms. The lowest BCUT2D eigenvalue weighted by Gasteiger charge is -2.35. The molecule has 0 bridgehead atoms. The van der Waals surface area contributed by atoms with Gasteiger partial charge in [-0.25, -0.2) is 0 Å². The Balaban J connectivity index is 1.93. The Hall–Kier alpha value is -1.62. The van der Waals surface area contributed by atoms with Crippen LogP contribution in [0.15, 0.2) is 42.6 Å². The molecule has 1 saturated heterocycles. The summed E-state index contributed by atoms with van der Waals surface area (Å²) < 4.78 is 0. The van der Waals surface area contributed by atoms with E-state index in [1.54, 1.807) is 24.4 Å². The van der Waals surface area contributed by atoms with E-state index in [9.17, 15) is 4.79 Å². The molecule has 114 valence electrons. The third-order valence-corrected chi connectivity index (χ3v) is 4.39. The number of rotatable bonds is 3. The molecule has 1 aliphatic rings. The summed E-state index contributed by atoms with van der Waals surface area (Å²) in [5.41, 5.74) is 1.56. The molecule has 0 radical (unpaired) electrons. The fraction of sp³-hybridized carbons (Fsp3) is 0.250. The predicted molar refractivity (Wildman–Crippen MR) is 86.9 cm³/mol. The van der Waals surface area contributed by atoms with Crippen molar-refractivity contribution in [1.82, 2.24) is 15.2 Å². The number of nitrogens with one attached hydrogen (secondary N) is 1. The van der Waals surface area contributed by atoms with Crippen LogP contribution in [0, 0.1) is 0 Å². The molecule has 1 amide bonds. The Bertz CT molecular complexity index is 693. The zero-order valence-electron chi connectivity index (χ0n) is 11.8. The second-order valence-electron chi connectivity index (χ2n) is 5.12. The maximum Gasteiger partial charge on any atom is 0.242 e. The highest BCUT2D eigenvalue weighted by Gasteiger charge is 2.32. The van der Waals surface area contributed by atoms with E-state index in [1.165, 1.54) is 0 Å². The number of hydrogen-bond donors (Lipinski definition) is 1. The van der Waals surface area contributed by atoms with Gasteiger partial charge in [0.05, 0.1) is 10.7 Å². The molecule has 4 nitrogen and oxygen atoms in total. The lowest BCUT2D eigenvalue weighted by molar-refractivity contribution is -0.129. The molecule has 2 heterocycles. The lowest BCUT2D eigenvalue weighted by atomic mass is 10.0. The molecule has 0 aliphatic carbocycles. The van der Waals surface area contributed by atoms with Crippen molar-refractivity contribution in [3.05, 3.63) is 63.9 Å². The van der Waals surface area contributed by atoms with Crippen LogP contribution in [0.5, 0.6) is 0 Å². The fourth-order valence-electron chi connectivity index (χ4n) is 2.65. The summed E-state index contributed by atoms with van der Waals surface area (Å²) >= 11 is 12.5. The molecule has 3 rings (SSSR count). The zero-order chi connectivity index (χ0) is 15.5. The topological polar surface area (TPSA) is 45.2 Å². The molecule has 1 N–H and O–H groups in total. The quantitative estimate of drug-likeness (QED) is 0.937. The van der Waals surface area contributed by atoms with Crippen LogP contribution in [-0.2, 0) is 11.3 Å². The van der Waals surface area contributed by atoms with E-state index in [2.05, 4.69) is 10.3 Å². The van der Waals surface area contributed by atoms with Crippen LogP contribution in [0.25, 0.3) is 0 Å². The molecule has 2 aromatic rings. The molecule has 1 aliphatic heterocycles. The van der Waals surface area contributed by atoms with Crippen molar-refractivity contribution in [2.24, 2.45) is 0 Å². The molecule has 1 unspecified atom stereocenters. The van der Waals surface area contributed by atoms with Gasteiger partial charge in [-0.3, -0.25) is 14.7 Å². The van der Waals surface area contributed by atoms with Gasteiger partial charge in [-0.05, 0) is 23.8 Å². The van der Waals surface area contributed by atoms with Gasteiger partial charge in [0.2, 0.25) is 5.91 Å². The van der Waals surface area contributed by atoms with Crippen molar-refractivity contribution >= 4 is 29.1 Å². The third-order valence-electron chi connectivity index (χ3n) is 3.70. The molecule has 22 heavy (non-hydrogen) atoms. The van der Waals surface area contributed by atoms with Crippen molar-refractivity contribution in [2.45, 2.75) is 12.6 Å². The molecular formula is C16H15Cl2N3O. The largest absolute Gasteiger partial charge is 0.353 e.